The zero-order chi connectivity index (χ0) is 62.6. The van der Waals surface area contributed by atoms with Crippen molar-refractivity contribution in [3.63, 3.8) is 0 Å². The lowest BCUT2D eigenvalue weighted by Gasteiger charge is -2.44. The molecule has 5 heteroatoms. The molecule has 2 aliphatic rings. The van der Waals surface area contributed by atoms with Gasteiger partial charge in [-0.15, -0.1) is 0 Å². The van der Waals surface area contributed by atoms with Crippen molar-refractivity contribution in [1.29, 1.82) is 0 Å². The van der Waals surface area contributed by atoms with Gasteiger partial charge >= 0.3 is 0 Å². The summed E-state index contributed by atoms with van der Waals surface area (Å²) in [4.78, 5) is 7.76. The number of aryl methyl sites for hydroxylation is 1. The van der Waals surface area contributed by atoms with Gasteiger partial charge in [-0.2, -0.15) is 0 Å². The molecular weight excluding hydrogens is 1090 g/mol. The Labute approximate surface area is 534 Å². The van der Waals surface area contributed by atoms with Crippen LogP contribution in [0.1, 0.15) is 105 Å². The van der Waals surface area contributed by atoms with E-state index in [0.717, 1.165) is 50.9 Å². The maximum Gasteiger partial charge on any atom is 0.272 e. The van der Waals surface area contributed by atoms with Crippen LogP contribution < -0.4 is 31.2 Å². The lowest BCUT2D eigenvalue weighted by molar-refractivity contribution is 0.590. The minimum absolute atomic E-state index is 0.0188. The van der Waals surface area contributed by atoms with Gasteiger partial charge in [0.05, 0.1) is 11.4 Å². The lowest BCUT2D eigenvalue weighted by Crippen LogP contribution is -2.62. The molecule has 3 heterocycles. The Morgan fingerprint density at radius 2 is 0.778 bits per heavy atom. The molecule has 0 atom stereocenters. The molecule has 444 valence electrons. The first-order valence-electron chi connectivity index (χ1n) is 32.2. The molecule has 0 radical (unpaired) electrons. The topological polar surface area (TPSA) is 14.7 Å². The largest absolute Gasteiger partial charge is 0.353 e. The third-order valence-corrected chi connectivity index (χ3v) is 19.0. The van der Waals surface area contributed by atoms with E-state index in [1.54, 1.807) is 0 Å². The van der Waals surface area contributed by atoms with Crippen molar-refractivity contribution in [2.45, 2.75) is 105 Å². The predicted octanol–water partition coefficient (Wildman–Crippen LogP) is 21.6. The van der Waals surface area contributed by atoms with Crippen molar-refractivity contribution in [1.82, 2.24) is 4.57 Å². The third kappa shape index (κ3) is 10.1. The SMILES string of the molecule is Cn1c2c(c3cc(C(C)(C)C)ccc31)N(c1ccc(C(C)(C)C)cc1)c1cc(-c3c(-c4ccccc4)cccc3-c3ccccc3)cc3c1B2c1ccc(N(c2ccc(C(C)(C)C)cc2)c2ccccc2-c2ccccc2)cc1N3c1ccc(C(C)(C)C)cc1. The first-order chi connectivity index (χ1) is 43.1. The van der Waals surface area contributed by atoms with Gasteiger partial charge in [-0.3, -0.25) is 0 Å². The molecule has 0 aliphatic carbocycles. The Morgan fingerprint density at radius 1 is 0.344 bits per heavy atom. The van der Waals surface area contributed by atoms with Gasteiger partial charge in [0, 0.05) is 68.9 Å². The molecule has 0 spiro atoms. The minimum atomic E-state index is -0.178. The number of rotatable bonds is 9. The summed E-state index contributed by atoms with van der Waals surface area (Å²) >= 11 is 0. The Bertz CT molecular complexity index is 4610. The van der Waals surface area contributed by atoms with Crippen molar-refractivity contribution in [3.05, 3.63) is 277 Å². The van der Waals surface area contributed by atoms with E-state index in [1.807, 2.05) is 0 Å². The van der Waals surface area contributed by atoms with Crippen molar-refractivity contribution >= 4 is 85.3 Å². The Kier molecular flexibility index (Phi) is 14.1. The summed E-state index contributed by atoms with van der Waals surface area (Å²) < 4.78 is 2.53. The zero-order valence-electron chi connectivity index (χ0n) is 54.6. The second kappa shape index (κ2) is 21.9. The average molecular weight is 1170 g/mol. The molecule has 2 aliphatic heterocycles. The van der Waals surface area contributed by atoms with Crippen LogP contribution in [0.15, 0.2) is 255 Å². The van der Waals surface area contributed by atoms with E-state index in [9.17, 15) is 0 Å². The van der Waals surface area contributed by atoms with Gasteiger partial charge in [0.15, 0.2) is 0 Å². The van der Waals surface area contributed by atoms with E-state index in [-0.39, 0.29) is 28.4 Å². The van der Waals surface area contributed by atoms with Gasteiger partial charge in [0.2, 0.25) is 0 Å². The normalized spacial score (nSPS) is 13.1. The van der Waals surface area contributed by atoms with E-state index in [1.165, 1.54) is 94.4 Å². The molecule has 0 unspecified atom stereocenters. The van der Waals surface area contributed by atoms with Gasteiger partial charge in [-0.05, 0) is 173 Å². The van der Waals surface area contributed by atoms with Crippen molar-refractivity contribution in [3.8, 4) is 44.5 Å². The predicted molar refractivity (Wildman–Crippen MR) is 388 cm³/mol. The molecule has 90 heavy (non-hydrogen) atoms. The third-order valence-electron chi connectivity index (χ3n) is 19.0. The molecule has 0 N–H and O–H groups in total. The molecule has 14 rings (SSSR count). The van der Waals surface area contributed by atoms with Crippen molar-refractivity contribution in [2.75, 3.05) is 14.7 Å². The highest BCUT2D eigenvalue weighted by molar-refractivity contribution is 7.00. The fraction of sp³-hybridized carbons (Fsp3) is 0.200. The smallest absolute Gasteiger partial charge is 0.272 e. The Hall–Kier alpha value is -9.58. The van der Waals surface area contributed by atoms with E-state index in [2.05, 4.69) is 364 Å². The maximum absolute atomic E-state index is 2.65. The number of hydrogen-bond acceptors (Lipinski definition) is 3. The van der Waals surface area contributed by atoms with E-state index < -0.39 is 0 Å². The summed E-state index contributed by atoms with van der Waals surface area (Å²) in [6.07, 6.45) is 0. The van der Waals surface area contributed by atoms with E-state index in [4.69, 9.17) is 0 Å². The van der Waals surface area contributed by atoms with Crippen LogP contribution in [0.4, 0.5) is 51.2 Å². The molecule has 0 amide bonds. The summed E-state index contributed by atoms with van der Waals surface area (Å²) in [6, 6.07) is 96.7. The number of fused-ring (bicyclic) bond motifs is 6. The van der Waals surface area contributed by atoms with Gasteiger partial charge < -0.3 is 19.3 Å². The molecule has 0 fully saturated rings. The second-order valence-electron chi connectivity index (χ2n) is 29.1. The lowest BCUT2D eigenvalue weighted by atomic mass is 9.35. The van der Waals surface area contributed by atoms with Crippen LogP contribution in [0.5, 0.6) is 0 Å². The molecule has 0 bridgehead atoms. The summed E-state index contributed by atoms with van der Waals surface area (Å²) in [7, 11) is 2.31. The van der Waals surface area contributed by atoms with Crippen LogP contribution in [-0.2, 0) is 28.7 Å². The standard InChI is InChI=1S/C85H81BN4/c1-82(2,3)60-36-43-64(44-37-60)88(74-35-24-23-32-68(74)56-26-17-14-18-27-56)67-49-50-72-75(55-67)89(65-45-38-61(39-46-65)83(4,5)6)76-52-59(78-69(57-28-19-15-20-29-57)33-25-34-70(78)58-30-21-16-22-31-58)53-77-79(76)86(72)81-80(90(77)66-47-40-62(41-48-66)84(7,8)9)71-54-63(85(10,11)12)42-51-73(71)87(81)13/h14-55H,1-13H3. The summed E-state index contributed by atoms with van der Waals surface area (Å²) in [5, 5.41) is 1.24. The maximum atomic E-state index is 2.65. The number of para-hydroxylation sites is 1. The quantitative estimate of drug-likeness (QED) is 0.134. The van der Waals surface area contributed by atoms with Crippen molar-refractivity contribution in [2.24, 2.45) is 7.05 Å². The number of benzene rings is 11. The molecule has 0 saturated heterocycles. The van der Waals surface area contributed by atoms with Gasteiger partial charge in [-0.25, -0.2) is 0 Å². The zero-order valence-corrected chi connectivity index (χ0v) is 54.6. The molecular formula is C85H81BN4. The summed E-state index contributed by atoms with van der Waals surface area (Å²) in [5.41, 5.74) is 29.5. The highest BCUT2D eigenvalue weighted by Gasteiger charge is 2.47. The van der Waals surface area contributed by atoms with Crippen LogP contribution in [0, 0.1) is 0 Å². The number of hydrogen-bond donors (Lipinski definition) is 0. The van der Waals surface area contributed by atoms with E-state index >= 15 is 0 Å². The second-order valence-corrected chi connectivity index (χ2v) is 29.1. The molecule has 12 aromatic rings. The van der Waals surface area contributed by atoms with Crippen LogP contribution in [-0.4, -0.2) is 11.3 Å². The summed E-state index contributed by atoms with van der Waals surface area (Å²) in [5.74, 6) is 0. The van der Waals surface area contributed by atoms with Gasteiger partial charge in [0.1, 0.15) is 0 Å². The van der Waals surface area contributed by atoms with Gasteiger partial charge in [0.25, 0.3) is 6.71 Å². The van der Waals surface area contributed by atoms with Gasteiger partial charge in [-0.1, -0.05) is 259 Å². The van der Waals surface area contributed by atoms with E-state index in [0.29, 0.717) is 0 Å². The monoisotopic (exact) mass is 1170 g/mol. The van der Waals surface area contributed by atoms with Crippen LogP contribution in [0.25, 0.3) is 55.4 Å². The fourth-order valence-corrected chi connectivity index (χ4v) is 14.1. The highest BCUT2D eigenvalue weighted by Crippen LogP contribution is 2.53. The number of anilines is 9. The number of aromatic nitrogens is 1. The summed E-state index contributed by atoms with van der Waals surface area (Å²) in [6.45, 7) is 27.6. The van der Waals surface area contributed by atoms with Crippen LogP contribution in [0.3, 0.4) is 0 Å². The molecule has 1 aromatic heterocycles. The molecule has 11 aromatic carbocycles. The highest BCUT2D eigenvalue weighted by atomic mass is 15.2. The first-order valence-corrected chi connectivity index (χ1v) is 32.2. The van der Waals surface area contributed by atoms with Crippen molar-refractivity contribution < 1.29 is 0 Å². The average Bonchev–Trinajstić information content (AvgIpc) is 1.32. The Morgan fingerprint density at radius 3 is 1.30 bits per heavy atom. The van der Waals surface area contributed by atoms with Crippen LogP contribution >= 0.6 is 0 Å². The fourth-order valence-electron chi connectivity index (χ4n) is 14.1. The van der Waals surface area contributed by atoms with Crippen LogP contribution in [0.2, 0.25) is 0 Å². The molecule has 4 nitrogen and oxygen atoms in total. The first kappa shape index (κ1) is 58.1. The number of nitrogens with zero attached hydrogens (tertiary/aromatic N) is 4. The molecule has 0 saturated carbocycles. The Balaban J connectivity index is 1.14. The minimum Gasteiger partial charge on any atom is -0.353 e.